The van der Waals surface area contributed by atoms with E-state index in [0.717, 1.165) is 0 Å². The molecular weight excluding hydrogens is 172 g/mol. The first-order valence-electron chi connectivity index (χ1n) is 2.50. The van der Waals surface area contributed by atoms with Gasteiger partial charge in [0.25, 0.3) is 5.13 Å². The molecule has 0 bridgehead atoms. The van der Waals surface area contributed by atoms with Crippen molar-refractivity contribution in [1.82, 2.24) is 0 Å². The maximum atomic E-state index is 12.4. The Kier molecular flexibility index (Phi) is 1.66. The van der Waals surface area contributed by atoms with E-state index in [1.165, 1.54) is 0 Å². The third-order valence-electron chi connectivity index (χ3n) is 1.25. The van der Waals surface area contributed by atoms with Crippen molar-refractivity contribution in [2.24, 2.45) is 0 Å². The molecule has 0 aromatic heterocycles. The van der Waals surface area contributed by atoms with Crippen LogP contribution in [0.3, 0.4) is 0 Å². The van der Waals surface area contributed by atoms with Crippen LogP contribution in [0.5, 0.6) is 0 Å². The van der Waals surface area contributed by atoms with Gasteiger partial charge in [-0.2, -0.15) is 0 Å². The van der Waals surface area contributed by atoms with Crippen molar-refractivity contribution in [1.29, 1.82) is 0 Å². The third kappa shape index (κ3) is 0.905. The zero-order valence-corrected chi connectivity index (χ0v) is 5.38. The molecule has 0 N–H and O–H groups in total. The molecule has 0 saturated carbocycles. The molecule has 0 fully saturated rings. The zero-order chi connectivity index (χ0) is 7.94. The van der Waals surface area contributed by atoms with Crippen LogP contribution in [0.25, 0.3) is 0 Å². The highest BCUT2D eigenvalue weighted by Crippen LogP contribution is 2.42. The first-order chi connectivity index (χ1) is 4.46. The molecule has 0 aromatic rings. The molecule has 1 rings (SSSR count). The lowest BCUT2D eigenvalue weighted by molar-refractivity contribution is 0.108. The second-order valence-electron chi connectivity index (χ2n) is 1.98. The number of alkyl halides is 4. The summed E-state index contributed by atoms with van der Waals surface area (Å²) >= 11 is 4.64. The van der Waals surface area contributed by atoms with Crippen LogP contribution in [0.15, 0.2) is 11.9 Å². The van der Waals surface area contributed by atoms with Crippen molar-refractivity contribution in [3.63, 3.8) is 0 Å². The van der Waals surface area contributed by atoms with Gasteiger partial charge in [-0.25, -0.2) is 17.6 Å². The molecule has 0 aliphatic heterocycles. The Labute approximate surface area is 59.5 Å². The smallest absolute Gasteiger partial charge is 0.239 e. The fraction of sp³-hybridized carbons (Fsp3) is 0.600. The van der Waals surface area contributed by atoms with Crippen LogP contribution in [0, 0.1) is 0 Å². The standard InChI is InChI=1S/C5H3ClF4/c6-5(10)3(8)1-2(7)4(5)9/h1-2,4H. The predicted octanol–water partition coefficient (Wildman–Crippen LogP) is 2.43. The average molecular weight is 175 g/mol. The van der Waals surface area contributed by atoms with Gasteiger partial charge in [-0.3, -0.25) is 0 Å². The van der Waals surface area contributed by atoms with E-state index >= 15 is 0 Å². The largest absolute Gasteiger partial charge is 0.268 e. The number of hydrogen-bond donors (Lipinski definition) is 0. The molecule has 0 nitrogen and oxygen atoms in total. The Hall–Kier alpha value is -0.250. The van der Waals surface area contributed by atoms with Crippen molar-refractivity contribution in [2.45, 2.75) is 17.5 Å². The van der Waals surface area contributed by atoms with Gasteiger partial charge in [0.1, 0.15) is 0 Å². The van der Waals surface area contributed by atoms with E-state index in [4.69, 9.17) is 0 Å². The summed E-state index contributed by atoms with van der Waals surface area (Å²) in [5.74, 6) is -1.59. The van der Waals surface area contributed by atoms with E-state index in [0.29, 0.717) is 0 Å². The maximum absolute atomic E-state index is 12.4. The van der Waals surface area contributed by atoms with Gasteiger partial charge in [-0.05, 0) is 6.08 Å². The first-order valence-corrected chi connectivity index (χ1v) is 2.88. The van der Waals surface area contributed by atoms with E-state index in [9.17, 15) is 17.6 Å². The van der Waals surface area contributed by atoms with Crippen molar-refractivity contribution in [2.75, 3.05) is 0 Å². The van der Waals surface area contributed by atoms with E-state index in [1.807, 2.05) is 0 Å². The highest BCUT2D eigenvalue weighted by Gasteiger charge is 2.52. The Morgan fingerprint density at radius 3 is 2.10 bits per heavy atom. The summed E-state index contributed by atoms with van der Waals surface area (Å²) in [5, 5.41) is -3.29. The van der Waals surface area contributed by atoms with Crippen LogP contribution in [-0.2, 0) is 0 Å². The Balaban J connectivity index is 2.89. The van der Waals surface area contributed by atoms with Crippen LogP contribution in [0.1, 0.15) is 0 Å². The molecule has 1 aliphatic carbocycles. The molecule has 0 aromatic carbocycles. The summed E-state index contributed by atoms with van der Waals surface area (Å²) in [6, 6.07) is 0. The number of hydrogen-bond acceptors (Lipinski definition) is 0. The Morgan fingerprint density at radius 2 is 2.00 bits per heavy atom. The van der Waals surface area contributed by atoms with Gasteiger partial charge in [0, 0.05) is 0 Å². The fourth-order valence-corrected chi connectivity index (χ4v) is 0.850. The van der Waals surface area contributed by atoms with Crippen LogP contribution >= 0.6 is 11.6 Å². The monoisotopic (exact) mass is 174 g/mol. The highest BCUT2D eigenvalue weighted by molar-refractivity contribution is 6.25. The first kappa shape index (κ1) is 7.85. The molecule has 1 aliphatic rings. The van der Waals surface area contributed by atoms with E-state index in [1.54, 1.807) is 0 Å². The summed E-state index contributed by atoms with van der Waals surface area (Å²) in [6.07, 6.45) is -4.71. The molecule has 0 spiro atoms. The average Bonchev–Trinajstić information content (AvgIpc) is 1.97. The van der Waals surface area contributed by atoms with Gasteiger partial charge in [0.15, 0.2) is 18.2 Å². The SMILES string of the molecule is FC1=CC(F)C(F)C1(F)Cl. The van der Waals surface area contributed by atoms with Crippen LogP contribution in [0.4, 0.5) is 17.6 Å². The number of allylic oxidation sites excluding steroid dienone is 2. The predicted molar refractivity (Wildman–Crippen MR) is 28.7 cm³/mol. The number of rotatable bonds is 0. The molecule has 58 valence electrons. The molecule has 0 radical (unpaired) electrons. The summed E-state index contributed by atoms with van der Waals surface area (Å²) in [7, 11) is 0. The zero-order valence-electron chi connectivity index (χ0n) is 4.62. The molecule has 5 heteroatoms. The maximum Gasteiger partial charge on any atom is 0.268 e. The summed E-state index contributed by atoms with van der Waals surface area (Å²) in [4.78, 5) is 0. The van der Waals surface area contributed by atoms with Gasteiger partial charge < -0.3 is 0 Å². The summed E-state index contributed by atoms with van der Waals surface area (Å²) in [6.45, 7) is 0. The van der Waals surface area contributed by atoms with Gasteiger partial charge in [0.05, 0.1) is 0 Å². The van der Waals surface area contributed by atoms with Crippen molar-refractivity contribution in [3.05, 3.63) is 11.9 Å². The van der Waals surface area contributed by atoms with Crippen LogP contribution < -0.4 is 0 Å². The topological polar surface area (TPSA) is 0 Å². The quantitative estimate of drug-likeness (QED) is 0.391. The molecule has 10 heavy (non-hydrogen) atoms. The Morgan fingerprint density at radius 1 is 1.50 bits per heavy atom. The molecule has 0 amide bonds. The minimum absolute atomic E-state index is 0.192. The van der Waals surface area contributed by atoms with Crippen LogP contribution in [-0.4, -0.2) is 17.5 Å². The highest BCUT2D eigenvalue weighted by atomic mass is 35.5. The second-order valence-corrected chi connectivity index (χ2v) is 2.53. The molecule has 3 unspecified atom stereocenters. The van der Waals surface area contributed by atoms with E-state index in [-0.39, 0.29) is 6.08 Å². The van der Waals surface area contributed by atoms with Crippen molar-refractivity contribution >= 4 is 11.6 Å². The van der Waals surface area contributed by atoms with E-state index in [2.05, 4.69) is 11.6 Å². The fourth-order valence-electron chi connectivity index (χ4n) is 0.667. The van der Waals surface area contributed by atoms with Crippen LogP contribution in [0.2, 0.25) is 0 Å². The van der Waals surface area contributed by atoms with Gasteiger partial charge >= 0.3 is 0 Å². The molecule has 0 saturated heterocycles. The lowest BCUT2D eigenvalue weighted by Crippen LogP contribution is -2.29. The van der Waals surface area contributed by atoms with Gasteiger partial charge in [0.2, 0.25) is 0 Å². The lowest BCUT2D eigenvalue weighted by atomic mass is 10.2. The van der Waals surface area contributed by atoms with E-state index < -0.39 is 23.3 Å². The minimum Gasteiger partial charge on any atom is -0.239 e. The van der Waals surface area contributed by atoms with Crippen molar-refractivity contribution < 1.29 is 17.6 Å². The molecular formula is C5H3ClF4. The molecule has 0 heterocycles. The third-order valence-corrected chi connectivity index (χ3v) is 1.64. The lowest BCUT2D eigenvalue weighted by Gasteiger charge is -2.13. The minimum atomic E-state index is -3.29. The Bertz CT molecular complexity index is 176. The second kappa shape index (κ2) is 2.12. The molecule has 3 atom stereocenters. The normalized spacial score (nSPS) is 47.5. The van der Waals surface area contributed by atoms with Crippen molar-refractivity contribution in [3.8, 4) is 0 Å². The van der Waals surface area contributed by atoms with Gasteiger partial charge in [-0.1, -0.05) is 11.6 Å². The summed E-state index contributed by atoms with van der Waals surface area (Å²) in [5.41, 5.74) is 0. The van der Waals surface area contributed by atoms with Gasteiger partial charge in [-0.15, -0.1) is 0 Å². The number of halogens is 5. The summed E-state index contributed by atoms with van der Waals surface area (Å²) < 4.78 is 48.7.